The Morgan fingerprint density at radius 3 is 2.89 bits per heavy atom. The van der Waals surface area contributed by atoms with Crippen LogP contribution in [0.4, 0.5) is 0 Å². The molecule has 2 heterocycles. The lowest BCUT2D eigenvalue weighted by Gasteiger charge is -2.18. The first-order valence-electron chi connectivity index (χ1n) is 6.20. The van der Waals surface area contributed by atoms with Gasteiger partial charge < -0.3 is 15.2 Å². The van der Waals surface area contributed by atoms with Gasteiger partial charge in [-0.25, -0.2) is 0 Å². The molecule has 100 valence electrons. The summed E-state index contributed by atoms with van der Waals surface area (Å²) in [6.45, 7) is 2.26. The lowest BCUT2D eigenvalue weighted by Crippen LogP contribution is -2.15. The van der Waals surface area contributed by atoms with Gasteiger partial charge in [0.25, 0.3) is 0 Å². The maximum atomic E-state index is 5.54. The number of nitrogens with zero attached hydrogens (tertiary/aromatic N) is 4. The molecule has 7 heteroatoms. The van der Waals surface area contributed by atoms with E-state index in [1.165, 1.54) is 4.80 Å². The molecule has 7 nitrogen and oxygen atoms in total. The molecule has 0 fully saturated rings. The molecule has 0 saturated heterocycles. The molecule has 1 aliphatic heterocycles. The molecule has 2 N–H and O–H groups in total. The van der Waals surface area contributed by atoms with Crippen LogP contribution in [-0.4, -0.2) is 40.0 Å². The first kappa shape index (κ1) is 11.9. The third-order valence-corrected chi connectivity index (χ3v) is 2.79. The highest BCUT2D eigenvalue weighted by Crippen LogP contribution is 2.31. The third kappa shape index (κ3) is 2.65. The van der Waals surface area contributed by atoms with Crippen molar-refractivity contribution in [1.82, 2.24) is 20.2 Å². The minimum absolute atomic E-state index is 0.500. The van der Waals surface area contributed by atoms with Crippen LogP contribution >= 0.6 is 0 Å². The predicted molar refractivity (Wildman–Crippen MR) is 67.1 cm³/mol. The topological polar surface area (TPSA) is 88.1 Å². The molecule has 0 aliphatic carbocycles. The normalized spacial score (nSPS) is 13.5. The number of fused-ring (bicyclic) bond motifs is 1. The number of nitrogens with two attached hydrogens (primary N) is 1. The van der Waals surface area contributed by atoms with E-state index in [1.807, 2.05) is 18.2 Å². The van der Waals surface area contributed by atoms with Crippen molar-refractivity contribution in [1.29, 1.82) is 0 Å². The van der Waals surface area contributed by atoms with E-state index in [0.29, 0.717) is 38.5 Å². The Labute approximate surface area is 110 Å². The Morgan fingerprint density at radius 2 is 2.05 bits per heavy atom. The van der Waals surface area contributed by atoms with Gasteiger partial charge in [0, 0.05) is 13.0 Å². The van der Waals surface area contributed by atoms with Crippen LogP contribution in [0.3, 0.4) is 0 Å². The molecular formula is C12H15N5O2. The Bertz CT molecular complexity index is 569. The van der Waals surface area contributed by atoms with E-state index in [0.717, 1.165) is 17.1 Å². The first-order chi connectivity index (χ1) is 9.35. The number of aromatic nitrogens is 4. The van der Waals surface area contributed by atoms with Crippen LogP contribution in [0.15, 0.2) is 18.2 Å². The second-order valence-electron chi connectivity index (χ2n) is 4.25. The number of ether oxygens (including phenoxy) is 2. The maximum Gasteiger partial charge on any atom is 0.179 e. The zero-order chi connectivity index (χ0) is 13.1. The molecule has 0 radical (unpaired) electrons. The zero-order valence-electron chi connectivity index (χ0n) is 10.5. The van der Waals surface area contributed by atoms with E-state index in [4.69, 9.17) is 15.2 Å². The summed E-state index contributed by atoms with van der Waals surface area (Å²) in [5, 5.41) is 12.2. The third-order valence-electron chi connectivity index (χ3n) is 2.79. The summed E-state index contributed by atoms with van der Waals surface area (Å²) >= 11 is 0. The van der Waals surface area contributed by atoms with Crippen molar-refractivity contribution in [2.45, 2.75) is 13.0 Å². The molecule has 0 spiro atoms. The summed E-state index contributed by atoms with van der Waals surface area (Å²) in [4.78, 5) is 1.51. The molecule has 0 atom stereocenters. The number of rotatable bonds is 4. The summed E-state index contributed by atoms with van der Waals surface area (Å²) in [5.74, 6) is 2.23. The number of hydrogen-bond donors (Lipinski definition) is 1. The highest BCUT2D eigenvalue weighted by molar-refractivity contribution is 5.44. The largest absolute Gasteiger partial charge is 0.486 e. The molecule has 0 amide bonds. The second kappa shape index (κ2) is 5.23. The van der Waals surface area contributed by atoms with Crippen LogP contribution in [0.25, 0.3) is 0 Å². The van der Waals surface area contributed by atoms with E-state index >= 15 is 0 Å². The maximum absolute atomic E-state index is 5.54. The highest BCUT2D eigenvalue weighted by atomic mass is 16.6. The molecule has 0 bridgehead atoms. The van der Waals surface area contributed by atoms with Crippen LogP contribution in [0.5, 0.6) is 11.5 Å². The first-order valence-corrected chi connectivity index (χ1v) is 6.20. The summed E-state index contributed by atoms with van der Waals surface area (Å²) in [6, 6.07) is 5.85. The minimum Gasteiger partial charge on any atom is -0.486 e. The number of tetrazole rings is 1. The Balaban J connectivity index is 1.75. The summed E-state index contributed by atoms with van der Waals surface area (Å²) < 4.78 is 11.0. The van der Waals surface area contributed by atoms with Gasteiger partial charge in [-0.1, -0.05) is 6.07 Å². The standard InChI is InChI=1S/C12H15N5O2/c13-3-4-17-15-12(14-16-17)8-9-1-2-10-11(7-9)19-6-5-18-10/h1-2,7H,3-6,8,13H2. The molecule has 1 aromatic carbocycles. The Hall–Kier alpha value is -2.15. The van der Waals surface area contributed by atoms with Crippen molar-refractivity contribution in [3.05, 3.63) is 29.6 Å². The summed E-state index contributed by atoms with van der Waals surface area (Å²) in [7, 11) is 0. The van der Waals surface area contributed by atoms with Gasteiger partial charge in [0.15, 0.2) is 17.3 Å². The second-order valence-corrected chi connectivity index (χ2v) is 4.25. The lowest BCUT2D eigenvalue weighted by molar-refractivity contribution is 0.171. The highest BCUT2D eigenvalue weighted by Gasteiger charge is 2.12. The average molecular weight is 261 g/mol. The van der Waals surface area contributed by atoms with Gasteiger partial charge in [0.05, 0.1) is 6.54 Å². The number of hydrogen-bond acceptors (Lipinski definition) is 6. The lowest BCUT2D eigenvalue weighted by atomic mass is 10.1. The van der Waals surface area contributed by atoms with Crippen molar-refractivity contribution in [2.75, 3.05) is 19.8 Å². The summed E-state index contributed by atoms with van der Waals surface area (Å²) in [6.07, 6.45) is 0.612. The van der Waals surface area contributed by atoms with Crippen LogP contribution in [-0.2, 0) is 13.0 Å². The van der Waals surface area contributed by atoms with Crippen LogP contribution in [0, 0.1) is 0 Å². The smallest absolute Gasteiger partial charge is 0.179 e. The van der Waals surface area contributed by atoms with E-state index in [2.05, 4.69) is 15.4 Å². The molecule has 0 saturated carbocycles. The molecule has 1 aromatic heterocycles. The van der Waals surface area contributed by atoms with E-state index in [1.54, 1.807) is 0 Å². The number of benzene rings is 1. The van der Waals surface area contributed by atoms with Crippen molar-refractivity contribution in [3.8, 4) is 11.5 Å². The molecule has 19 heavy (non-hydrogen) atoms. The molecular weight excluding hydrogens is 246 g/mol. The van der Waals surface area contributed by atoms with Crippen molar-refractivity contribution in [3.63, 3.8) is 0 Å². The molecule has 3 rings (SSSR count). The SMILES string of the molecule is NCCn1nnc(Cc2ccc3c(c2)OCCO3)n1. The Kier molecular flexibility index (Phi) is 3.28. The van der Waals surface area contributed by atoms with Crippen LogP contribution in [0.2, 0.25) is 0 Å². The average Bonchev–Trinajstić information content (AvgIpc) is 2.86. The minimum atomic E-state index is 0.500. The van der Waals surface area contributed by atoms with Gasteiger partial charge in [-0.05, 0) is 22.9 Å². The van der Waals surface area contributed by atoms with Crippen molar-refractivity contribution in [2.24, 2.45) is 5.73 Å². The van der Waals surface area contributed by atoms with Gasteiger partial charge in [-0.2, -0.15) is 4.80 Å². The monoisotopic (exact) mass is 261 g/mol. The Morgan fingerprint density at radius 1 is 1.21 bits per heavy atom. The van der Waals surface area contributed by atoms with Gasteiger partial charge in [0.2, 0.25) is 0 Å². The van der Waals surface area contributed by atoms with Crippen LogP contribution < -0.4 is 15.2 Å². The summed E-state index contributed by atoms with van der Waals surface area (Å²) in [5.41, 5.74) is 6.51. The van der Waals surface area contributed by atoms with Crippen LogP contribution in [0.1, 0.15) is 11.4 Å². The van der Waals surface area contributed by atoms with Gasteiger partial charge in [-0.15, -0.1) is 10.2 Å². The predicted octanol–water partition coefficient (Wildman–Crippen LogP) is -0.00620. The van der Waals surface area contributed by atoms with E-state index in [-0.39, 0.29) is 0 Å². The fourth-order valence-corrected chi connectivity index (χ4v) is 1.94. The van der Waals surface area contributed by atoms with E-state index < -0.39 is 0 Å². The molecule has 1 aliphatic rings. The van der Waals surface area contributed by atoms with Gasteiger partial charge >= 0.3 is 0 Å². The van der Waals surface area contributed by atoms with Gasteiger partial charge in [0.1, 0.15) is 13.2 Å². The molecule has 2 aromatic rings. The fraction of sp³-hybridized carbons (Fsp3) is 0.417. The van der Waals surface area contributed by atoms with Crippen molar-refractivity contribution >= 4 is 0 Å². The molecule has 0 unspecified atom stereocenters. The quantitative estimate of drug-likeness (QED) is 0.833. The van der Waals surface area contributed by atoms with Crippen molar-refractivity contribution < 1.29 is 9.47 Å². The van der Waals surface area contributed by atoms with Gasteiger partial charge in [-0.3, -0.25) is 0 Å². The zero-order valence-corrected chi connectivity index (χ0v) is 10.5. The van der Waals surface area contributed by atoms with E-state index in [9.17, 15) is 0 Å². The fourth-order valence-electron chi connectivity index (χ4n) is 1.94.